The van der Waals surface area contributed by atoms with Crippen LogP contribution in [0.25, 0.3) is 10.9 Å². The highest BCUT2D eigenvalue weighted by Crippen LogP contribution is 2.23. The molecule has 0 amide bonds. The van der Waals surface area contributed by atoms with Gasteiger partial charge in [0, 0.05) is 43.8 Å². The van der Waals surface area contributed by atoms with Crippen LogP contribution >= 0.6 is 0 Å². The van der Waals surface area contributed by atoms with E-state index in [9.17, 15) is 5.11 Å². The molecule has 0 bridgehead atoms. The van der Waals surface area contributed by atoms with E-state index in [0.717, 1.165) is 42.0 Å². The Morgan fingerprint density at radius 2 is 1.81 bits per heavy atom. The first-order valence-electron chi connectivity index (χ1n) is 8.95. The fourth-order valence-corrected chi connectivity index (χ4v) is 3.12. The van der Waals surface area contributed by atoms with Crippen molar-refractivity contribution in [2.24, 2.45) is 0 Å². The molecule has 0 unspecified atom stereocenters. The maximum Gasteiger partial charge on any atom is 0.141 e. The molecule has 1 aromatic carbocycles. The molecule has 3 heterocycles. The van der Waals surface area contributed by atoms with E-state index in [0.29, 0.717) is 12.1 Å². The minimum atomic E-state index is 0.210. The van der Waals surface area contributed by atoms with Crippen molar-refractivity contribution in [3.05, 3.63) is 84.3 Å². The Kier molecular flexibility index (Phi) is 5.07. The van der Waals surface area contributed by atoms with Gasteiger partial charge in [-0.15, -0.1) is 0 Å². The number of aromatic hydroxyl groups is 1. The minimum Gasteiger partial charge on any atom is -0.506 e. The number of aromatic nitrogens is 4. The molecule has 6 nitrogen and oxygen atoms in total. The van der Waals surface area contributed by atoms with E-state index in [1.807, 2.05) is 54.9 Å². The molecule has 0 atom stereocenters. The van der Waals surface area contributed by atoms with Crippen molar-refractivity contribution in [2.75, 3.05) is 6.54 Å². The Morgan fingerprint density at radius 1 is 0.889 bits per heavy atom. The lowest BCUT2D eigenvalue weighted by Gasteiger charge is -2.21. The number of benzene rings is 1. The van der Waals surface area contributed by atoms with Gasteiger partial charge in [0.25, 0.3) is 0 Å². The van der Waals surface area contributed by atoms with Crippen molar-refractivity contribution in [3.8, 4) is 5.75 Å². The summed E-state index contributed by atoms with van der Waals surface area (Å²) < 4.78 is 0. The van der Waals surface area contributed by atoms with Crippen LogP contribution in [0.15, 0.2) is 67.3 Å². The highest BCUT2D eigenvalue weighted by atomic mass is 16.3. The summed E-state index contributed by atoms with van der Waals surface area (Å²) in [6.45, 7) is 2.24. The molecule has 0 aliphatic rings. The average Bonchev–Trinajstić information content (AvgIpc) is 3.21. The predicted molar refractivity (Wildman–Crippen MR) is 104 cm³/mol. The second-order valence-corrected chi connectivity index (χ2v) is 6.49. The van der Waals surface area contributed by atoms with Gasteiger partial charge in [-0.1, -0.05) is 24.3 Å². The van der Waals surface area contributed by atoms with E-state index < -0.39 is 0 Å². The SMILES string of the molecule is Oc1cccc2ccc(CN(CCc3c[nH]cn3)Cc3ccccn3)nc12. The third-order valence-electron chi connectivity index (χ3n) is 4.49. The summed E-state index contributed by atoms with van der Waals surface area (Å²) in [5.74, 6) is 0.210. The fraction of sp³-hybridized carbons (Fsp3) is 0.190. The molecule has 0 fully saturated rings. The van der Waals surface area contributed by atoms with Crippen molar-refractivity contribution in [2.45, 2.75) is 19.5 Å². The average molecular weight is 359 g/mol. The van der Waals surface area contributed by atoms with Crippen LogP contribution in [0.3, 0.4) is 0 Å². The minimum absolute atomic E-state index is 0.210. The predicted octanol–water partition coefficient (Wildman–Crippen LogP) is 3.30. The summed E-state index contributed by atoms with van der Waals surface area (Å²) in [6.07, 6.45) is 6.28. The molecular weight excluding hydrogens is 338 g/mol. The quantitative estimate of drug-likeness (QED) is 0.529. The number of fused-ring (bicyclic) bond motifs is 1. The lowest BCUT2D eigenvalue weighted by atomic mass is 10.2. The third-order valence-corrected chi connectivity index (χ3v) is 4.49. The number of imidazole rings is 1. The summed E-state index contributed by atoms with van der Waals surface area (Å²) in [6, 6.07) is 15.4. The molecule has 27 heavy (non-hydrogen) atoms. The number of rotatable bonds is 7. The molecule has 0 aliphatic heterocycles. The number of H-pyrrole nitrogens is 1. The third kappa shape index (κ3) is 4.30. The second kappa shape index (κ2) is 7.97. The van der Waals surface area contributed by atoms with E-state index in [-0.39, 0.29) is 5.75 Å². The van der Waals surface area contributed by atoms with Crippen molar-refractivity contribution >= 4 is 10.9 Å². The number of nitrogens with one attached hydrogen (secondary N) is 1. The smallest absolute Gasteiger partial charge is 0.141 e. The molecule has 4 aromatic rings. The topological polar surface area (TPSA) is 77.9 Å². The molecule has 0 aliphatic carbocycles. The Balaban J connectivity index is 1.54. The van der Waals surface area contributed by atoms with Gasteiger partial charge in [0.2, 0.25) is 0 Å². The van der Waals surface area contributed by atoms with Crippen LogP contribution in [0.4, 0.5) is 0 Å². The largest absolute Gasteiger partial charge is 0.506 e. The van der Waals surface area contributed by atoms with Crippen LogP contribution in [0, 0.1) is 0 Å². The molecule has 6 heteroatoms. The summed E-state index contributed by atoms with van der Waals surface area (Å²) in [5.41, 5.74) is 3.61. The molecule has 4 rings (SSSR count). The van der Waals surface area contributed by atoms with Gasteiger partial charge in [-0.05, 0) is 24.3 Å². The van der Waals surface area contributed by atoms with Gasteiger partial charge in [-0.25, -0.2) is 9.97 Å². The zero-order valence-corrected chi connectivity index (χ0v) is 14.9. The number of para-hydroxylation sites is 1. The van der Waals surface area contributed by atoms with Gasteiger partial charge in [-0.2, -0.15) is 0 Å². The van der Waals surface area contributed by atoms with E-state index in [4.69, 9.17) is 0 Å². The summed E-state index contributed by atoms with van der Waals surface area (Å²) in [7, 11) is 0. The second-order valence-electron chi connectivity index (χ2n) is 6.49. The summed E-state index contributed by atoms with van der Waals surface area (Å²) >= 11 is 0. The lowest BCUT2D eigenvalue weighted by Crippen LogP contribution is -2.26. The lowest BCUT2D eigenvalue weighted by molar-refractivity contribution is 0.253. The van der Waals surface area contributed by atoms with E-state index in [1.165, 1.54) is 0 Å². The molecular formula is C21H21N5O. The van der Waals surface area contributed by atoms with E-state index in [2.05, 4.69) is 24.8 Å². The first-order chi connectivity index (χ1) is 13.3. The molecule has 0 saturated carbocycles. The van der Waals surface area contributed by atoms with Crippen molar-refractivity contribution < 1.29 is 5.11 Å². The van der Waals surface area contributed by atoms with E-state index in [1.54, 1.807) is 12.4 Å². The molecule has 136 valence electrons. The molecule has 0 radical (unpaired) electrons. The van der Waals surface area contributed by atoms with Gasteiger partial charge in [0.05, 0.1) is 23.4 Å². The maximum absolute atomic E-state index is 10.1. The number of hydrogen-bond donors (Lipinski definition) is 2. The van der Waals surface area contributed by atoms with Gasteiger partial charge in [0.1, 0.15) is 11.3 Å². The standard InChI is InChI=1S/C21H21N5O/c27-20-6-3-4-16-7-8-19(25-21(16)20)14-26(11-9-17-12-22-15-24-17)13-18-5-1-2-10-23-18/h1-8,10,12,15,27H,9,11,13-14H2,(H,22,24). The number of phenolic OH excluding ortho intramolecular Hbond substituents is 1. The summed E-state index contributed by atoms with van der Waals surface area (Å²) in [4.78, 5) is 18.7. The fourth-order valence-electron chi connectivity index (χ4n) is 3.12. The van der Waals surface area contributed by atoms with Crippen LogP contribution in [0.5, 0.6) is 5.75 Å². The number of nitrogens with zero attached hydrogens (tertiary/aromatic N) is 4. The number of pyridine rings is 2. The highest BCUT2D eigenvalue weighted by Gasteiger charge is 2.11. The van der Waals surface area contributed by atoms with Gasteiger partial charge < -0.3 is 10.1 Å². The number of aromatic amines is 1. The van der Waals surface area contributed by atoms with Crippen molar-refractivity contribution in [3.63, 3.8) is 0 Å². The van der Waals surface area contributed by atoms with Crippen molar-refractivity contribution in [1.82, 2.24) is 24.8 Å². The zero-order valence-electron chi connectivity index (χ0n) is 14.9. The zero-order chi connectivity index (χ0) is 18.5. The van der Waals surface area contributed by atoms with E-state index >= 15 is 0 Å². The number of hydrogen-bond acceptors (Lipinski definition) is 5. The van der Waals surface area contributed by atoms with Gasteiger partial charge in [0.15, 0.2) is 0 Å². The normalized spacial score (nSPS) is 11.3. The van der Waals surface area contributed by atoms with Gasteiger partial charge >= 0.3 is 0 Å². The van der Waals surface area contributed by atoms with Crippen LogP contribution in [0.1, 0.15) is 17.1 Å². The van der Waals surface area contributed by atoms with Crippen LogP contribution in [-0.2, 0) is 19.5 Å². The highest BCUT2D eigenvalue weighted by molar-refractivity contribution is 5.84. The number of phenols is 1. The molecule has 0 spiro atoms. The first-order valence-corrected chi connectivity index (χ1v) is 8.95. The Labute approximate surface area is 157 Å². The Bertz CT molecular complexity index is 1000. The Hall–Kier alpha value is -3.25. The molecule has 0 saturated heterocycles. The van der Waals surface area contributed by atoms with Gasteiger partial charge in [-0.3, -0.25) is 9.88 Å². The molecule has 2 N–H and O–H groups in total. The van der Waals surface area contributed by atoms with Crippen LogP contribution in [-0.4, -0.2) is 36.5 Å². The van der Waals surface area contributed by atoms with Crippen molar-refractivity contribution in [1.29, 1.82) is 0 Å². The monoisotopic (exact) mass is 359 g/mol. The summed E-state index contributed by atoms with van der Waals surface area (Å²) in [5, 5.41) is 11.0. The maximum atomic E-state index is 10.1. The first kappa shape index (κ1) is 17.2. The Morgan fingerprint density at radius 3 is 2.63 bits per heavy atom. The molecule has 3 aromatic heterocycles. The van der Waals surface area contributed by atoms with Crippen LogP contribution < -0.4 is 0 Å². The van der Waals surface area contributed by atoms with Crippen LogP contribution in [0.2, 0.25) is 0 Å².